The monoisotopic (exact) mass is 223 g/mol. The molecule has 5 nitrogen and oxygen atoms in total. The van der Waals surface area contributed by atoms with Gasteiger partial charge in [0.2, 0.25) is 0 Å². The average molecular weight is 223 g/mol. The van der Waals surface area contributed by atoms with Gasteiger partial charge in [-0.3, -0.25) is 10.1 Å². The van der Waals surface area contributed by atoms with Crippen LogP contribution in [0.4, 0.5) is 5.69 Å². The molecule has 0 spiro atoms. The second-order valence-corrected chi connectivity index (χ2v) is 4.65. The highest BCUT2D eigenvalue weighted by Gasteiger charge is 2.26. The van der Waals surface area contributed by atoms with E-state index < -0.39 is 12.0 Å². The van der Waals surface area contributed by atoms with Crippen molar-refractivity contribution in [1.29, 1.82) is 0 Å². The van der Waals surface area contributed by atoms with Gasteiger partial charge >= 0.3 is 7.12 Å². The van der Waals surface area contributed by atoms with Gasteiger partial charge in [0.25, 0.3) is 5.69 Å². The predicted octanol–water partition coefficient (Wildman–Crippen LogP) is 0.572. The van der Waals surface area contributed by atoms with Crippen molar-refractivity contribution in [2.75, 3.05) is 0 Å². The van der Waals surface area contributed by atoms with Gasteiger partial charge in [-0.05, 0) is 11.0 Å². The van der Waals surface area contributed by atoms with E-state index in [2.05, 4.69) is 0 Å². The average Bonchev–Trinajstić information content (AvgIpc) is 2.15. The Hall–Kier alpha value is -1.40. The summed E-state index contributed by atoms with van der Waals surface area (Å²) in [6, 6.07) is 4.43. The Balaban J connectivity index is 3.34. The molecule has 0 bridgehead atoms. The lowest BCUT2D eigenvalue weighted by atomic mass is 9.76. The van der Waals surface area contributed by atoms with Crippen molar-refractivity contribution in [2.24, 2.45) is 0 Å². The second-order valence-electron chi connectivity index (χ2n) is 4.65. The fourth-order valence-corrected chi connectivity index (χ4v) is 1.39. The van der Waals surface area contributed by atoms with Crippen LogP contribution in [0.3, 0.4) is 0 Å². The first-order valence-corrected chi connectivity index (χ1v) is 4.88. The molecule has 16 heavy (non-hydrogen) atoms. The van der Waals surface area contributed by atoms with Crippen LogP contribution in [0.15, 0.2) is 18.2 Å². The summed E-state index contributed by atoms with van der Waals surface area (Å²) in [6.07, 6.45) is 0. The van der Waals surface area contributed by atoms with E-state index in [1.54, 1.807) is 6.07 Å². The van der Waals surface area contributed by atoms with Crippen LogP contribution >= 0.6 is 0 Å². The molecule has 0 saturated heterocycles. The number of benzene rings is 1. The Kier molecular flexibility index (Phi) is 3.35. The maximum atomic E-state index is 10.8. The van der Waals surface area contributed by atoms with Crippen LogP contribution < -0.4 is 5.46 Å². The molecule has 0 fully saturated rings. The quantitative estimate of drug-likeness (QED) is 0.436. The molecule has 0 heterocycles. The molecule has 0 unspecified atom stereocenters. The van der Waals surface area contributed by atoms with Crippen LogP contribution in [0.25, 0.3) is 0 Å². The number of hydrogen-bond acceptors (Lipinski definition) is 4. The first-order chi connectivity index (χ1) is 7.23. The van der Waals surface area contributed by atoms with Crippen molar-refractivity contribution < 1.29 is 15.0 Å². The lowest BCUT2D eigenvalue weighted by Gasteiger charge is -2.19. The molecule has 86 valence electrons. The third-order valence-corrected chi connectivity index (χ3v) is 2.37. The number of nitrogens with zero attached hydrogens (tertiary/aromatic N) is 1. The van der Waals surface area contributed by atoms with E-state index in [1.165, 1.54) is 12.1 Å². The van der Waals surface area contributed by atoms with E-state index >= 15 is 0 Å². The summed E-state index contributed by atoms with van der Waals surface area (Å²) >= 11 is 0. The van der Waals surface area contributed by atoms with Crippen LogP contribution in [0.1, 0.15) is 26.3 Å². The second kappa shape index (κ2) is 4.23. The third-order valence-electron chi connectivity index (χ3n) is 2.37. The summed E-state index contributed by atoms with van der Waals surface area (Å²) in [4.78, 5) is 10.2. The highest BCUT2D eigenvalue weighted by molar-refractivity contribution is 6.60. The Bertz CT molecular complexity index is 412. The molecule has 0 aliphatic carbocycles. The van der Waals surface area contributed by atoms with Crippen LogP contribution in [0.2, 0.25) is 0 Å². The largest absolute Gasteiger partial charge is 0.495 e. The van der Waals surface area contributed by atoms with E-state index in [9.17, 15) is 10.1 Å². The SMILES string of the molecule is CC(C)(C)c1ccc(B(O)O)c([N+](=O)[O-])c1. The summed E-state index contributed by atoms with van der Waals surface area (Å²) in [5.41, 5.74) is 0.216. The van der Waals surface area contributed by atoms with Gasteiger partial charge in [0.05, 0.1) is 10.4 Å². The van der Waals surface area contributed by atoms with Gasteiger partial charge in [0.15, 0.2) is 0 Å². The number of hydrogen-bond donors (Lipinski definition) is 2. The molecule has 0 aliphatic rings. The fourth-order valence-electron chi connectivity index (χ4n) is 1.39. The molecule has 0 amide bonds. The fraction of sp³-hybridized carbons (Fsp3) is 0.400. The molecule has 2 N–H and O–H groups in total. The zero-order chi connectivity index (χ0) is 12.5. The predicted molar refractivity (Wildman–Crippen MR) is 61.6 cm³/mol. The first kappa shape index (κ1) is 12.7. The van der Waals surface area contributed by atoms with Crippen molar-refractivity contribution in [3.8, 4) is 0 Å². The van der Waals surface area contributed by atoms with Crippen molar-refractivity contribution >= 4 is 18.3 Å². The molecular formula is C10H14BNO4. The van der Waals surface area contributed by atoms with Gasteiger partial charge in [-0.15, -0.1) is 0 Å². The maximum Gasteiger partial charge on any atom is 0.495 e. The Morgan fingerprint density at radius 2 is 1.88 bits per heavy atom. The highest BCUT2D eigenvalue weighted by atomic mass is 16.6. The summed E-state index contributed by atoms with van der Waals surface area (Å²) in [7, 11) is -1.82. The Labute approximate surface area is 94.0 Å². The number of nitro benzene ring substituents is 1. The van der Waals surface area contributed by atoms with Gasteiger partial charge in [-0.25, -0.2) is 0 Å². The summed E-state index contributed by atoms with van der Waals surface area (Å²) in [5.74, 6) is 0. The van der Waals surface area contributed by atoms with Gasteiger partial charge < -0.3 is 10.0 Å². The highest BCUT2D eigenvalue weighted by Crippen LogP contribution is 2.24. The topological polar surface area (TPSA) is 83.6 Å². The number of rotatable bonds is 2. The van der Waals surface area contributed by atoms with Crippen LogP contribution in [0, 0.1) is 10.1 Å². The van der Waals surface area contributed by atoms with Crippen molar-refractivity contribution in [3.63, 3.8) is 0 Å². The molecule has 0 atom stereocenters. The smallest absolute Gasteiger partial charge is 0.423 e. The molecule has 0 saturated carbocycles. The van der Waals surface area contributed by atoms with Crippen LogP contribution in [-0.2, 0) is 5.41 Å². The minimum absolute atomic E-state index is 0.0852. The summed E-state index contributed by atoms with van der Waals surface area (Å²) in [5, 5.41) is 28.8. The van der Waals surface area contributed by atoms with Gasteiger partial charge in [0, 0.05) is 6.07 Å². The van der Waals surface area contributed by atoms with E-state index in [0.717, 1.165) is 5.56 Å². The summed E-state index contributed by atoms with van der Waals surface area (Å²) in [6.45, 7) is 5.79. The van der Waals surface area contributed by atoms with Gasteiger partial charge in [-0.1, -0.05) is 32.9 Å². The van der Waals surface area contributed by atoms with Gasteiger partial charge in [-0.2, -0.15) is 0 Å². The Morgan fingerprint density at radius 1 is 1.31 bits per heavy atom. The van der Waals surface area contributed by atoms with E-state index in [1.807, 2.05) is 20.8 Å². The molecule has 0 aromatic heterocycles. The normalized spacial score (nSPS) is 11.3. The first-order valence-electron chi connectivity index (χ1n) is 4.88. The van der Waals surface area contributed by atoms with E-state index in [4.69, 9.17) is 10.0 Å². The van der Waals surface area contributed by atoms with Crippen molar-refractivity contribution in [2.45, 2.75) is 26.2 Å². The van der Waals surface area contributed by atoms with E-state index in [-0.39, 0.29) is 16.6 Å². The molecule has 0 radical (unpaired) electrons. The van der Waals surface area contributed by atoms with Crippen LogP contribution in [-0.4, -0.2) is 22.1 Å². The zero-order valence-corrected chi connectivity index (χ0v) is 9.47. The summed E-state index contributed by atoms with van der Waals surface area (Å²) < 4.78 is 0. The lowest BCUT2D eigenvalue weighted by molar-refractivity contribution is -0.383. The third kappa shape index (κ3) is 2.59. The lowest BCUT2D eigenvalue weighted by Crippen LogP contribution is -2.32. The zero-order valence-electron chi connectivity index (χ0n) is 9.47. The molecule has 1 rings (SSSR count). The molecule has 0 aliphatic heterocycles. The Morgan fingerprint density at radius 3 is 2.25 bits per heavy atom. The van der Waals surface area contributed by atoms with Gasteiger partial charge in [0.1, 0.15) is 0 Å². The van der Waals surface area contributed by atoms with Crippen molar-refractivity contribution in [1.82, 2.24) is 0 Å². The molecular weight excluding hydrogens is 209 g/mol. The van der Waals surface area contributed by atoms with E-state index in [0.29, 0.717) is 0 Å². The number of nitro groups is 1. The minimum atomic E-state index is -1.82. The minimum Gasteiger partial charge on any atom is -0.423 e. The van der Waals surface area contributed by atoms with Crippen LogP contribution in [0.5, 0.6) is 0 Å². The molecule has 1 aromatic rings. The van der Waals surface area contributed by atoms with Crippen molar-refractivity contribution in [3.05, 3.63) is 33.9 Å². The molecule has 1 aromatic carbocycles. The molecule has 6 heteroatoms. The maximum absolute atomic E-state index is 10.8. The standard InChI is InChI=1S/C10H14BNO4/c1-10(2,3)7-4-5-8(11(13)14)9(6-7)12(15)16/h4-6,13-14H,1-3H3.